The molecule has 0 unspecified atom stereocenters. The Labute approximate surface area is 118 Å². The third-order valence-electron chi connectivity index (χ3n) is 4.56. The van der Waals surface area contributed by atoms with Crippen LogP contribution in [0.2, 0.25) is 0 Å². The molecule has 0 radical (unpaired) electrons. The third kappa shape index (κ3) is 2.42. The highest BCUT2D eigenvalue weighted by atomic mass is 16.4. The largest absolute Gasteiger partial charge is 0.481 e. The minimum atomic E-state index is -0.731. The van der Waals surface area contributed by atoms with Gasteiger partial charge in [-0.2, -0.15) is 0 Å². The molecule has 1 N–H and O–H groups in total. The van der Waals surface area contributed by atoms with Gasteiger partial charge in [0.2, 0.25) is 5.91 Å². The molecule has 1 aromatic rings. The summed E-state index contributed by atoms with van der Waals surface area (Å²) >= 11 is 0. The molecule has 106 valence electrons. The van der Waals surface area contributed by atoms with Gasteiger partial charge < -0.3 is 10.0 Å². The van der Waals surface area contributed by atoms with Crippen LogP contribution in [0.25, 0.3) is 0 Å². The maximum absolute atomic E-state index is 12.5. The van der Waals surface area contributed by atoms with E-state index in [2.05, 4.69) is 12.1 Å². The summed E-state index contributed by atoms with van der Waals surface area (Å²) in [6, 6.07) is 8.23. The highest BCUT2D eigenvalue weighted by Gasteiger charge is 2.33. The van der Waals surface area contributed by atoms with Gasteiger partial charge >= 0.3 is 5.97 Å². The lowest BCUT2D eigenvalue weighted by atomic mass is 9.95. The van der Waals surface area contributed by atoms with Crippen LogP contribution in [0.15, 0.2) is 24.3 Å². The Kier molecular flexibility index (Phi) is 3.47. The van der Waals surface area contributed by atoms with E-state index in [1.807, 2.05) is 17.0 Å². The van der Waals surface area contributed by atoms with Gasteiger partial charge in [0, 0.05) is 19.0 Å². The number of nitrogens with zero attached hydrogens (tertiary/aromatic N) is 1. The number of carboxylic acid groups (broad SMARTS) is 1. The molecular weight excluding hydrogens is 254 g/mol. The van der Waals surface area contributed by atoms with E-state index in [1.54, 1.807) is 0 Å². The monoisotopic (exact) mass is 273 g/mol. The predicted octanol–water partition coefficient (Wildman–Crippen LogP) is 1.72. The number of amides is 1. The van der Waals surface area contributed by atoms with Gasteiger partial charge in [-0.05, 0) is 36.8 Å². The second kappa shape index (κ2) is 5.27. The fraction of sp³-hybridized carbons (Fsp3) is 0.500. The van der Waals surface area contributed by atoms with Crippen LogP contribution in [-0.2, 0) is 22.4 Å². The van der Waals surface area contributed by atoms with Crippen LogP contribution < -0.4 is 0 Å². The Morgan fingerprint density at radius 3 is 2.05 bits per heavy atom. The van der Waals surface area contributed by atoms with Gasteiger partial charge in [-0.25, -0.2) is 0 Å². The molecule has 0 spiro atoms. The van der Waals surface area contributed by atoms with Gasteiger partial charge in [-0.15, -0.1) is 0 Å². The molecule has 1 amide bonds. The number of carbonyl (C=O) groups excluding carboxylic acids is 1. The molecule has 1 aliphatic carbocycles. The Morgan fingerprint density at radius 2 is 1.55 bits per heavy atom. The van der Waals surface area contributed by atoms with Gasteiger partial charge in [0.1, 0.15) is 0 Å². The molecule has 0 bridgehead atoms. The normalized spacial score (nSPS) is 19.9. The average Bonchev–Trinajstić information content (AvgIpc) is 2.90. The number of benzene rings is 1. The summed E-state index contributed by atoms with van der Waals surface area (Å²) in [6.07, 6.45) is 2.82. The first-order valence-electron chi connectivity index (χ1n) is 7.23. The fourth-order valence-electron chi connectivity index (χ4n) is 3.34. The first kappa shape index (κ1) is 13.2. The van der Waals surface area contributed by atoms with Gasteiger partial charge in [-0.1, -0.05) is 24.3 Å². The predicted molar refractivity (Wildman–Crippen MR) is 74.3 cm³/mol. The van der Waals surface area contributed by atoms with Gasteiger partial charge in [0.05, 0.1) is 5.92 Å². The number of aliphatic carboxylic acids is 1. The summed E-state index contributed by atoms with van der Waals surface area (Å²) in [5, 5.41) is 8.99. The number of hydrogen-bond donors (Lipinski definition) is 1. The summed E-state index contributed by atoms with van der Waals surface area (Å²) in [5.74, 6) is -0.760. The summed E-state index contributed by atoms with van der Waals surface area (Å²) in [7, 11) is 0. The van der Waals surface area contributed by atoms with E-state index in [0.717, 1.165) is 12.8 Å². The van der Waals surface area contributed by atoms with Crippen molar-refractivity contribution in [1.82, 2.24) is 4.90 Å². The first-order valence-corrected chi connectivity index (χ1v) is 7.23. The number of carbonyl (C=O) groups is 2. The molecule has 1 saturated heterocycles. The number of rotatable bonds is 2. The van der Waals surface area contributed by atoms with E-state index in [4.69, 9.17) is 5.11 Å². The highest BCUT2D eigenvalue weighted by Crippen LogP contribution is 2.29. The van der Waals surface area contributed by atoms with E-state index in [-0.39, 0.29) is 17.7 Å². The topological polar surface area (TPSA) is 57.6 Å². The minimum Gasteiger partial charge on any atom is -0.481 e. The standard InChI is InChI=1S/C16H19NO3/c18-15(17-7-5-11(6-8-17)16(19)20)14-9-12-3-1-2-4-13(12)10-14/h1-4,11,14H,5-10H2,(H,19,20). The molecule has 0 atom stereocenters. The number of carboxylic acids is 1. The van der Waals surface area contributed by atoms with Crippen LogP contribution >= 0.6 is 0 Å². The van der Waals surface area contributed by atoms with Crippen LogP contribution in [0, 0.1) is 11.8 Å². The molecule has 0 aromatic heterocycles. The van der Waals surface area contributed by atoms with E-state index in [1.165, 1.54) is 11.1 Å². The number of hydrogen-bond acceptors (Lipinski definition) is 2. The molecule has 1 aromatic carbocycles. The van der Waals surface area contributed by atoms with Crippen molar-refractivity contribution in [1.29, 1.82) is 0 Å². The van der Waals surface area contributed by atoms with Gasteiger partial charge in [0.15, 0.2) is 0 Å². The minimum absolute atomic E-state index is 0.0498. The highest BCUT2D eigenvalue weighted by molar-refractivity contribution is 5.81. The van der Waals surface area contributed by atoms with Crippen molar-refractivity contribution in [2.45, 2.75) is 25.7 Å². The third-order valence-corrected chi connectivity index (χ3v) is 4.56. The van der Waals surface area contributed by atoms with E-state index >= 15 is 0 Å². The molecule has 3 rings (SSSR count). The van der Waals surface area contributed by atoms with Crippen LogP contribution in [0.1, 0.15) is 24.0 Å². The average molecular weight is 273 g/mol. The quantitative estimate of drug-likeness (QED) is 0.892. The summed E-state index contributed by atoms with van der Waals surface area (Å²) in [5.41, 5.74) is 2.57. The molecule has 1 fully saturated rings. The number of piperidine rings is 1. The Hall–Kier alpha value is -1.84. The second-order valence-electron chi connectivity index (χ2n) is 5.81. The first-order chi connectivity index (χ1) is 9.65. The van der Waals surface area contributed by atoms with Crippen molar-refractivity contribution < 1.29 is 14.7 Å². The maximum atomic E-state index is 12.5. The number of likely N-dealkylation sites (tertiary alicyclic amines) is 1. The molecular formula is C16H19NO3. The smallest absolute Gasteiger partial charge is 0.306 e. The molecule has 1 aliphatic heterocycles. The van der Waals surface area contributed by atoms with Crippen molar-refractivity contribution >= 4 is 11.9 Å². The lowest BCUT2D eigenvalue weighted by Gasteiger charge is -2.32. The maximum Gasteiger partial charge on any atom is 0.306 e. The molecule has 4 nitrogen and oxygen atoms in total. The summed E-state index contributed by atoms with van der Waals surface area (Å²) in [4.78, 5) is 25.3. The van der Waals surface area contributed by atoms with Crippen LogP contribution in [0.3, 0.4) is 0 Å². The van der Waals surface area contributed by atoms with Crippen molar-refractivity contribution in [2.75, 3.05) is 13.1 Å². The van der Waals surface area contributed by atoms with Crippen molar-refractivity contribution in [2.24, 2.45) is 11.8 Å². The zero-order valence-corrected chi connectivity index (χ0v) is 11.4. The van der Waals surface area contributed by atoms with E-state index in [0.29, 0.717) is 25.9 Å². The van der Waals surface area contributed by atoms with Gasteiger partial charge in [-0.3, -0.25) is 9.59 Å². The molecule has 2 aliphatic rings. The fourth-order valence-corrected chi connectivity index (χ4v) is 3.34. The molecule has 1 heterocycles. The van der Waals surface area contributed by atoms with Crippen molar-refractivity contribution in [3.05, 3.63) is 35.4 Å². The molecule has 20 heavy (non-hydrogen) atoms. The molecule has 0 saturated carbocycles. The zero-order valence-electron chi connectivity index (χ0n) is 11.4. The lowest BCUT2D eigenvalue weighted by Crippen LogP contribution is -2.43. The zero-order chi connectivity index (χ0) is 14.1. The Balaban J connectivity index is 1.60. The van der Waals surface area contributed by atoms with Crippen LogP contribution in [0.4, 0.5) is 0 Å². The second-order valence-corrected chi connectivity index (χ2v) is 5.81. The van der Waals surface area contributed by atoms with Crippen molar-refractivity contribution in [3.63, 3.8) is 0 Å². The van der Waals surface area contributed by atoms with Gasteiger partial charge in [0.25, 0.3) is 0 Å². The summed E-state index contributed by atoms with van der Waals surface area (Å²) in [6.45, 7) is 1.17. The Morgan fingerprint density at radius 1 is 1.00 bits per heavy atom. The van der Waals surface area contributed by atoms with Crippen LogP contribution in [0.5, 0.6) is 0 Å². The number of fused-ring (bicyclic) bond motifs is 1. The summed E-state index contributed by atoms with van der Waals surface area (Å²) < 4.78 is 0. The van der Waals surface area contributed by atoms with E-state index in [9.17, 15) is 9.59 Å². The van der Waals surface area contributed by atoms with E-state index < -0.39 is 5.97 Å². The SMILES string of the molecule is O=C(O)C1CCN(C(=O)C2Cc3ccccc3C2)CC1. The van der Waals surface area contributed by atoms with Crippen molar-refractivity contribution in [3.8, 4) is 0 Å². The lowest BCUT2D eigenvalue weighted by molar-refractivity contribution is -0.146. The van der Waals surface area contributed by atoms with Crippen LogP contribution in [-0.4, -0.2) is 35.0 Å². The molecule has 4 heteroatoms. The Bertz CT molecular complexity index is 507.